The van der Waals surface area contributed by atoms with Crippen LogP contribution in [-0.4, -0.2) is 11.2 Å². The Bertz CT molecular complexity index is 163. The van der Waals surface area contributed by atoms with Crippen molar-refractivity contribution in [1.29, 1.82) is 0 Å². The molecule has 0 unspecified atom stereocenters. The van der Waals surface area contributed by atoms with Crippen LogP contribution in [0, 0.1) is 11.8 Å². The van der Waals surface area contributed by atoms with E-state index in [1.807, 2.05) is 6.08 Å². The van der Waals surface area contributed by atoms with Gasteiger partial charge in [0.1, 0.15) is 0 Å². The number of hydrogen-bond acceptors (Lipinski definition) is 1. The molecule has 1 N–H and O–H groups in total. The minimum absolute atomic E-state index is 0.215. The molecule has 0 bridgehead atoms. The molecule has 0 aromatic heterocycles. The summed E-state index contributed by atoms with van der Waals surface area (Å²) in [5.74, 6) is 0.620. The third-order valence-corrected chi connectivity index (χ3v) is 3.32. The number of aliphatic hydroxyl groups excluding tert-OH is 1. The van der Waals surface area contributed by atoms with Crippen LogP contribution < -0.4 is 0 Å². The third kappa shape index (κ3) is 7.05. The van der Waals surface area contributed by atoms with Gasteiger partial charge in [0.2, 0.25) is 0 Å². The summed E-state index contributed by atoms with van der Waals surface area (Å²) in [6.07, 6.45) is 10.7. The van der Waals surface area contributed by atoms with Crippen LogP contribution in [-0.2, 0) is 0 Å². The van der Waals surface area contributed by atoms with E-state index in [1.165, 1.54) is 38.5 Å². The fraction of sp³-hybridized carbons (Fsp3) is 0.867. The van der Waals surface area contributed by atoms with Crippen molar-refractivity contribution in [1.82, 2.24) is 0 Å². The molecule has 0 radical (unpaired) electrons. The lowest BCUT2D eigenvalue weighted by Gasteiger charge is -2.22. The summed E-state index contributed by atoms with van der Waals surface area (Å²) in [4.78, 5) is 0. The Morgan fingerprint density at radius 2 is 1.62 bits per heavy atom. The molecule has 0 aromatic rings. The Balaban J connectivity index is 3.59. The second-order valence-corrected chi connectivity index (χ2v) is 5.19. The first kappa shape index (κ1) is 15.7. The molecule has 0 heterocycles. The number of hydrogen-bond donors (Lipinski definition) is 1. The van der Waals surface area contributed by atoms with Crippen molar-refractivity contribution in [2.45, 2.75) is 71.8 Å². The van der Waals surface area contributed by atoms with Crippen LogP contribution in [0.1, 0.15) is 65.7 Å². The Morgan fingerprint density at radius 1 is 1.06 bits per heavy atom. The Morgan fingerprint density at radius 3 is 2.12 bits per heavy atom. The van der Waals surface area contributed by atoms with Gasteiger partial charge in [0.15, 0.2) is 0 Å². The molecule has 0 aromatic carbocycles. The Kier molecular flexibility index (Phi) is 9.71. The lowest BCUT2D eigenvalue weighted by molar-refractivity contribution is 0.0795. The van der Waals surface area contributed by atoms with Gasteiger partial charge in [-0.15, -0.1) is 6.58 Å². The van der Waals surface area contributed by atoms with Gasteiger partial charge in [-0.1, -0.05) is 65.4 Å². The zero-order valence-corrected chi connectivity index (χ0v) is 11.4. The fourth-order valence-electron chi connectivity index (χ4n) is 2.08. The minimum atomic E-state index is -0.215. The zero-order chi connectivity index (χ0) is 12.4. The molecular formula is C15H30O. The average molecular weight is 226 g/mol. The fourth-order valence-corrected chi connectivity index (χ4v) is 2.08. The normalized spacial score (nSPS) is 15.1. The van der Waals surface area contributed by atoms with Gasteiger partial charge in [-0.2, -0.15) is 0 Å². The first-order valence-corrected chi connectivity index (χ1v) is 6.94. The van der Waals surface area contributed by atoms with Crippen molar-refractivity contribution in [2.75, 3.05) is 0 Å². The topological polar surface area (TPSA) is 20.2 Å². The molecule has 1 nitrogen and oxygen atoms in total. The molecule has 0 aliphatic rings. The van der Waals surface area contributed by atoms with Crippen LogP contribution in [0.25, 0.3) is 0 Å². The lowest BCUT2D eigenvalue weighted by atomic mass is 9.89. The summed E-state index contributed by atoms with van der Waals surface area (Å²) < 4.78 is 0. The van der Waals surface area contributed by atoms with Gasteiger partial charge in [0, 0.05) is 5.92 Å². The van der Waals surface area contributed by atoms with Crippen LogP contribution in [0.5, 0.6) is 0 Å². The smallest absolute Gasteiger partial charge is 0.0625 e. The second-order valence-electron chi connectivity index (χ2n) is 5.19. The van der Waals surface area contributed by atoms with E-state index in [4.69, 9.17) is 0 Å². The summed E-state index contributed by atoms with van der Waals surface area (Å²) >= 11 is 0. The second kappa shape index (κ2) is 9.89. The molecule has 1 heteroatoms. The van der Waals surface area contributed by atoms with E-state index in [1.54, 1.807) is 0 Å². The van der Waals surface area contributed by atoms with E-state index >= 15 is 0 Å². The highest BCUT2D eigenvalue weighted by Gasteiger charge is 2.18. The highest BCUT2D eigenvalue weighted by molar-refractivity contribution is 4.85. The SMILES string of the molecule is C=C[C@@H](CCCCCCCC)[C@@H](O)C(C)C. The van der Waals surface area contributed by atoms with Crippen molar-refractivity contribution in [3.8, 4) is 0 Å². The summed E-state index contributed by atoms with van der Waals surface area (Å²) in [5.41, 5.74) is 0. The monoisotopic (exact) mass is 226 g/mol. The van der Waals surface area contributed by atoms with Gasteiger partial charge < -0.3 is 5.11 Å². The van der Waals surface area contributed by atoms with Crippen molar-refractivity contribution in [3.63, 3.8) is 0 Å². The van der Waals surface area contributed by atoms with Gasteiger partial charge in [0.25, 0.3) is 0 Å². The Labute approximate surface area is 102 Å². The van der Waals surface area contributed by atoms with Gasteiger partial charge in [0.05, 0.1) is 6.10 Å². The molecule has 0 fully saturated rings. The zero-order valence-electron chi connectivity index (χ0n) is 11.4. The van der Waals surface area contributed by atoms with Crippen molar-refractivity contribution >= 4 is 0 Å². The first-order chi connectivity index (χ1) is 7.63. The summed E-state index contributed by atoms with van der Waals surface area (Å²) in [6.45, 7) is 10.2. The molecule has 0 aliphatic carbocycles. The summed E-state index contributed by atoms with van der Waals surface area (Å²) in [5, 5.41) is 9.96. The molecule has 96 valence electrons. The summed E-state index contributed by atoms with van der Waals surface area (Å²) in [7, 11) is 0. The molecule has 0 rings (SSSR count). The maximum absolute atomic E-state index is 9.96. The van der Waals surface area contributed by atoms with Crippen LogP contribution in [0.15, 0.2) is 12.7 Å². The van der Waals surface area contributed by atoms with Gasteiger partial charge in [-0.25, -0.2) is 0 Å². The standard InChI is InChI=1S/C15H30O/c1-5-7-8-9-10-11-12-14(6-2)15(16)13(3)4/h6,13-16H,2,5,7-12H2,1,3-4H3/t14-,15-/m0/s1. The van der Waals surface area contributed by atoms with E-state index in [-0.39, 0.29) is 12.0 Å². The first-order valence-electron chi connectivity index (χ1n) is 6.94. The van der Waals surface area contributed by atoms with Crippen LogP contribution in [0.3, 0.4) is 0 Å². The van der Waals surface area contributed by atoms with E-state index < -0.39 is 0 Å². The molecule has 16 heavy (non-hydrogen) atoms. The molecule has 0 spiro atoms. The maximum atomic E-state index is 9.96. The van der Waals surface area contributed by atoms with Crippen LogP contribution in [0.4, 0.5) is 0 Å². The highest BCUT2D eigenvalue weighted by atomic mass is 16.3. The number of aliphatic hydroxyl groups is 1. The highest BCUT2D eigenvalue weighted by Crippen LogP contribution is 2.20. The molecule has 2 atom stereocenters. The molecule has 0 saturated heterocycles. The molecule has 0 saturated carbocycles. The summed E-state index contributed by atoms with van der Waals surface area (Å²) in [6, 6.07) is 0. The predicted octanol–water partition coefficient (Wildman–Crippen LogP) is 4.56. The molecule has 0 aliphatic heterocycles. The lowest BCUT2D eigenvalue weighted by Crippen LogP contribution is -2.24. The van der Waals surface area contributed by atoms with Crippen molar-refractivity contribution < 1.29 is 5.11 Å². The predicted molar refractivity (Wildman–Crippen MR) is 72.5 cm³/mol. The van der Waals surface area contributed by atoms with Crippen molar-refractivity contribution in [3.05, 3.63) is 12.7 Å². The van der Waals surface area contributed by atoms with E-state index in [0.717, 1.165) is 6.42 Å². The van der Waals surface area contributed by atoms with Gasteiger partial charge >= 0.3 is 0 Å². The van der Waals surface area contributed by atoms with E-state index in [2.05, 4.69) is 27.4 Å². The molecular weight excluding hydrogens is 196 g/mol. The van der Waals surface area contributed by atoms with Crippen molar-refractivity contribution in [2.24, 2.45) is 11.8 Å². The average Bonchev–Trinajstić information content (AvgIpc) is 2.27. The Hall–Kier alpha value is -0.300. The van der Waals surface area contributed by atoms with Crippen LogP contribution in [0.2, 0.25) is 0 Å². The minimum Gasteiger partial charge on any atom is -0.392 e. The van der Waals surface area contributed by atoms with Gasteiger partial charge in [-0.05, 0) is 12.3 Å². The number of unbranched alkanes of at least 4 members (excludes halogenated alkanes) is 5. The third-order valence-electron chi connectivity index (χ3n) is 3.32. The number of rotatable bonds is 10. The largest absolute Gasteiger partial charge is 0.392 e. The maximum Gasteiger partial charge on any atom is 0.0625 e. The van der Waals surface area contributed by atoms with Crippen LogP contribution >= 0.6 is 0 Å². The molecule has 0 amide bonds. The van der Waals surface area contributed by atoms with E-state index in [9.17, 15) is 5.11 Å². The quantitative estimate of drug-likeness (QED) is 0.428. The van der Waals surface area contributed by atoms with Gasteiger partial charge in [-0.3, -0.25) is 0 Å². The van der Waals surface area contributed by atoms with E-state index in [0.29, 0.717) is 5.92 Å².